The van der Waals surface area contributed by atoms with Crippen LogP contribution in [0.5, 0.6) is 0 Å². The van der Waals surface area contributed by atoms with E-state index in [9.17, 15) is 9.90 Å². The number of rotatable bonds is 3. The minimum atomic E-state index is -0.661. The van der Waals surface area contributed by atoms with E-state index < -0.39 is 5.60 Å². The highest BCUT2D eigenvalue weighted by Crippen LogP contribution is 2.25. The third-order valence-electron chi connectivity index (χ3n) is 4.50. The van der Waals surface area contributed by atoms with Gasteiger partial charge in [-0.05, 0) is 68.8 Å². The van der Waals surface area contributed by atoms with Gasteiger partial charge in [0.1, 0.15) is 0 Å². The number of hydrogen-bond donors (Lipinski definition) is 2. The van der Waals surface area contributed by atoms with Crippen LogP contribution in [0.4, 0.5) is 5.69 Å². The number of amides is 1. The number of β-amino-alcohol motifs (C(OH)–C–C–N with tert-alkyl or cyclic N) is 1. The average molecular weight is 288 g/mol. The second-order valence-corrected chi connectivity index (χ2v) is 6.70. The predicted molar refractivity (Wildman–Crippen MR) is 83.4 cm³/mol. The molecule has 1 saturated heterocycles. The number of nitrogens with zero attached hydrogens (tertiary/aromatic N) is 1. The number of likely N-dealkylation sites (tertiary alicyclic amines) is 1. The van der Waals surface area contributed by atoms with Gasteiger partial charge >= 0.3 is 0 Å². The molecule has 2 aliphatic rings. The van der Waals surface area contributed by atoms with Crippen molar-refractivity contribution in [2.75, 3.05) is 25.0 Å². The predicted octanol–water partition coefficient (Wildman–Crippen LogP) is 1.96. The van der Waals surface area contributed by atoms with E-state index in [0.29, 0.717) is 13.1 Å². The van der Waals surface area contributed by atoms with Crippen molar-refractivity contribution < 1.29 is 9.90 Å². The molecule has 0 spiro atoms. The lowest BCUT2D eigenvalue weighted by atomic mass is 9.95. The highest BCUT2D eigenvalue weighted by Gasteiger charge is 2.29. The molecule has 3 rings (SSSR count). The minimum Gasteiger partial charge on any atom is -0.389 e. The fourth-order valence-corrected chi connectivity index (χ4v) is 3.51. The Morgan fingerprint density at radius 2 is 2.14 bits per heavy atom. The van der Waals surface area contributed by atoms with E-state index >= 15 is 0 Å². The monoisotopic (exact) mass is 288 g/mol. The Morgan fingerprint density at radius 1 is 1.33 bits per heavy atom. The Balaban J connectivity index is 1.57. The summed E-state index contributed by atoms with van der Waals surface area (Å²) in [6.45, 7) is 3.66. The summed E-state index contributed by atoms with van der Waals surface area (Å²) in [4.78, 5) is 14.2. The molecule has 1 aliphatic heterocycles. The van der Waals surface area contributed by atoms with Crippen molar-refractivity contribution in [2.45, 2.75) is 44.6 Å². The number of piperidine rings is 1. The summed E-state index contributed by atoms with van der Waals surface area (Å²) in [5, 5.41) is 13.1. The molecule has 1 atom stereocenters. The smallest absolute Gasteiger partial charge is 0.238 e. The molecule has 4 nitrogen and oxygen atoms in total. The second-order valence-electron chi connectivity index (χ2n) is 6.70. The number of hydrogen-bond acceptors (Lipinski definition) is 3. The molecule has 1 fully saturated rings. The van der Waals surface area contributed by atoms with Gasteiger partial charge in [0.05, 0.1) is 12.1 Å². The first kappa shape index (κ1) is 14.5. The van der Waals surface area contributed by atoms with Crippen LogP contribution in [-0.4, -0.2) is 41.1 Å². The summed E-state index contributed by atoms with van der Waals surface area (Å²) in [6.07, 6.45) is 5.26. The quantitative estimate of drug-likeness (QED) is 0.894. The summed E-state index contributed by atoms with van der Waals surface area (Å²) in [5.41, 5.74) is 3.02. The lowest BCUT2D eigenvalue weighted by molar-refractivity contribution is -0.118. The van der Waals surface area contributed by atoms with Crippen LogP contribution < -0.4 is 5.32 Å². The zero-order valence-corrected chi connectivity index (χ0v) is 12.7. The first-order chi connectivity index (χ1) is 10.0. The Morgan fingerprint density at radius 3 is 2.95 bits per heavy atom. The van der Waals surface area contributed by atoms with Crippen molar-refractivity contribution in [3.8, 4) is 0 Å². The Kier molecular flexibility index (Phi) is 4.00. The Hall–Kier alpha value is -1.39. The van der Waals surface area contributed by atoms with E-state index in [2.05, 4.69) is 17.4 Å². The van der Waals surface area contributed by atoms with E-state index in [4.69, 9.17) is 0 Å². The molecule has 114 valence electrons. The maximum absolute atomic E-state index is 12.2. The van der Waals surface area contributed by atoms with Crippen molar-refractivity contribution in [1.82, 2.24) is 4.90 Å². The summed E-state index contributed by atoms with van der Waals surface area (Å²) in [5.74, 6) is 0.00523. The van der Waals surface area contributed by atoms with E-state index in [0.717, 1.165) is 37.9 Å². The highest BCUT2D eigenvalue weighted by molar-refractivity contribution is 5.92. The number of anilines is 1. The maximum atomic E-state index is 12.2. The van der Waals surface area contributed by atoms with Crippen LogP contribution in [0.1, 0.15) is 37.3 Å². The molecule has 2 N–H and O–H groups in total. The van der Waals surface area contributed by atoms with Crippen LogP contribution in [0.3, 0.4) is 0 Å². The highest BCUT2D eigenvalue weighted by atomic mass is 16.3. The molecule has 0 radical (unpaired) electrons. The number of fused-ring (bicyclic) bond motifs is 1. The standard InChI is InChI=1S/C17H24N2O2/c1-17(21)8-3-9-19(12-17)11-16(20)18-15-7-6-13-4-2-5-14(13)10-15/h6-7,10,21H,2-5,8-9,11-12H2,1H3,(H,18,20). The summed E-state index contributed by atoms with van der Waals surface area (Å²) in [7, 11) is 0. The molecule has 1 heterocycles. The molecule has 0 aromatic heterocycles. The summed E-state index contributed by atoms with van der Waals surface area (Å²) in [6, 6.07) is 6.23. The second kappa shape index (κ2) is 5.78. The van der Waals surface area contributed by atoms with Gasteiger partial charge in [-0.2, -0.15) is 0 Å². The molecule has 4 heteroatoms. The third-order valence-corrected chi connectivity index (χ3v) is 4.50. The molecule has 1 unspecified atom stereocenters. The Labute approximate surface area is 126 Å². The lowest BCUT2D eigenvalue weighted by Gasteiger charge is -2.36. The average Bonchev–Trinajstić information content (AvgIpc) is 2.84. The van der Waals surface area contributed by atoms with Crippen molar-refractivity contribution in [1.29, 1.82) is 0 Å². The molecule has 1 aromatic rings. The van der Waals surface area contributed by atoms with Crippen LogP contribution >= 0.6 is 0 Å². The fourth-order valence-electron chi connectivity index (χ4n) is 3.51. The molecule has 1 amide bonds. The van der Waals surface area contributed by atoms with Gasteiger partial charge in [0.25, 0.3) is 0 Å². The molecule has 21 heavy (non-hydrogen) atoms. The van der Waals surface area contributed by atoms with Gasteiger partial charge in [0.15, 0.2) is 0 Å². The van der Waals surface area contributed by atoms with E-state index in [1.807, 2.05) is 17.9 Å². The number of benzene rings is 1. The maximum Gasteiger partial charge on any atom is 0.238 e. The topological polar surface area (TPSA) is 52.6 Å². The first-order valence-electron chi connectivity index (χ1n) is 7.88. The molecular weight excluding hydrogens is 264 g/mol. The van der Waals surface area contributed by atoms with Gasteiger partial charge in [-0.1, -0.05) is 6.07 Å². The SMILES string of the molecule is CC1(O)CCCN(CC(=O)Nc2ccc3c(c2)CCC3)C1. The van der Waals surface area contributed by atoms with E-state index in [1.165, 1.54) is 17.5 Å². The number of nitrogens with one attached hydrogen (secondary N) is 1. The van der Waals surface area contributed by atoms with Gasteiger partial charge in [-0.3, -0.25) is 9.69 Å². The van der Waals surface area contributed by atoms with Crippen molar-refractivity contribution in [3.63, 3.8) is 0 Å². The first-order valence-corrected chi connectivity index (χ1v) is 7.88. The van der Waals surface area contributed by atoms with Crippen LogP contribution in [0.2, 0.25) is 0 Å². The third kappa shape index (κ3) is 3.63. The van der Waals surface area contributed by atoms with Gasteiger partial charge in [-0.15, -0.1) is 0 Å². The summed E-state index contributed by atoms with van der Waals surface area (Å²) < 4.78 is 0. The van der Waals surface area contributed by atoms with Gasteiger partial charge in [0, 0.05) is 12.2 Å². The van der Waals surface area contributed by atoms with Gasteiger partial charge in [0.2, 0.25) is 5.91 Å². The number of aliphatic hydroxyl groups is 1. The molecular formula is C17H24N2O2. The van der Waals surface area contributed by atoms with Crippen LogP contribution in [0.25, 0.3) is 0 Å². The molecule has 0 saturated carbocycles. The minimum absolute atomic E-state index is 0.00523. The zero-order valence-electron chi connectivity index (χ0n) is 12.7. The number of carbonyl (C=O) groups is 1. The van der Waals surface area contributed by atoms with Crippen LogP contribution in [0, 0.1) is 0 Å². The summed E-state index contributed by atoms with van der Waals surface area (Å²) >= 11 is 0. The fraction of sp³-hybridized carbons (Fsp3) is 0.588. The Bertz CT molecular complexity index is 540. The van der Waals surface area contributed by atoms with Crippen molar-refractivity contribution >= 4 is 11.6 Å². The lowest BCUT2D eigenvalue weighted by Crippen LogP contribution is -2.48. The number of carbonyl (C=O) groups excluding carboxylic acids is 1. The van der Waals surface area contributed by atoms with Crippen LogP contribution in [-0.2, 0) is 17.6 Å². The van der Waals surface area contributed by atoms with E-state index in [-0.39, 0.29) is 5.91 Å². The largest absolute Gasteiger partial charge is 0.389 e. The molecule has 1 aliphatic carbocycles. The van der Waals surface area contributed by atoms with Crippen molar-refractivity contribution in [2.24, 2.45) is 0 Å². The molecule has 1 aromatic carbocycles. The van der Waals surface area contributed by atoms with Gasteiger partial charge < -0.3 is 10.4 Å². The van der Waals surface area contributed by atoms with Gasteiger partial charge in [-0.25, -0.2) is 0 Å². The number of aryl methyl sites for hydroxylation is 2. The zero-order chi connectivity index (χ0) is 14.9. The molecule has 0 bridgehead atoms. The normalized spacial score (nSPS) is 25.6. The van der Waals surface area contributed by atoms with Crippen molar-refractivity contribution in [3.05, 3.63) is 29.3 Å². The van der Waals surface area contributed by atoms with Crippen LogP contribution in [0.15, 0.2) is 18.2 Å². The van der Waals surface area contributed by atoms with E-state index in [1.54, 1.807) is 0 Å².